The Morgan fingerprint density at radius 2 is 1.87 bits per heavy atom. The number of hydrogen-bond donors (Lipinski definition) is 2. The van der Waals surface area contributed by atoms with Crippen molar-refractivity contribution in [3.63, 3.8) is 0 Å². The van der Waals surface area contributed by atoms with Gasteiger partial charge in [0.1, 0.15) is 0 Å². The van der Waals surface area contributed by atoms with E-state index in [1.807, 2.05) is 31.2 Å². The molecule has 0 bridgehead atoms. The summed E-state index contributed by atoms with van der Waals surface area (Å²) in [5.74, 6) is 0.0963. The minimum atomic E-state index is -0.766. The highest BCUT2D eigenvalue weighted by molar-refractivity contribution is 5.97. The largest absolute Gasteiger partial charge is 0.443 e. The van der Waals surface area contributed by atoms with Gasteiger partial charge in [-0.3, -0.25) is 4.79 Å². The number of carbonyl (C=O) groups excluding carboxylic acids is 1. The summed E-state index contributed by atoms with van der Waals surface area (Å²) in [5, 5.41) is 18.7. The minimum Gasteiger partial charge on any atom is -0.443 e. The maximum atomic E-state index is 12.6. The fourth-order valence-corrected chi connectivity index (χ4v) is 2.28. The molecule has 0 radical (unpaired) electrons. The zero-order valence-electron chi connectivity index (χ0n) is 13.6. The number of hydrogen-bond acceptors (Lipinski definition) is 5. The van der Waals surface area contributed by atoms with Crippen LogP contribution in [-0.2, 0) is 0 Å². The van der Waals surface area contributed by atoms with Crippen LogP contribution in [-0.4, -0.2) is 52.8 Å². The average molecular weight is 318 g/mol. The van der Waals surface area contributed by atoms with Crippen LogP contribution in [0.1, 0.15) is 23.0 Å². The lowest BCUT2D eigenvalue weighted by molar-refractivity contribution is 0.0364. The van der Waals surface area contributed by atoms with Crippen molar-refractivity contribution < 1.29 is 19.4 Å². The van der Waals surface area contributed by atoms with Crippen LogP contribution in [0.25, 0.3) is 11.3 Å². The molecule has 6 heteroatoms. The fourth-order valence-electron chi connectivity index (χ4n) is 2.28. The molecule has 1 amide bonds. The number of benzene rings is 1. The van der Waals surface area contributed by atoms with E-state index < -0.39 is 5.41 Å². The summed E-state index contributed by atoms with van der Waals surface area (Å²) in [6, 6.07) is 7.62. The van der Waals surface area contributed by atoms with Gasteiger partial charge in [0.15, 0.2) is 17.8 Å². The molecule has 6 nitrogen and oxygen atoms in total. The molecule has 1 heterocycles. The van der Waals surface area contributed by atoms with Gasteiger partial charge in [0, 0.05) is 24.6 Å². The lowest BCUT2D eigenvalue weighted by Crippen LogP contribution is -2.41. The van der Waals surface area contributed by atoms with Crippen LogP contribution in [0.15, 0.2) is 35.1 Å². The van der Waals surface area contributed by atoms with Crippen molar-refractivity contribution in [1.29, 1.82) is 0 Å². The number of nitrogens with zero attached hydrogens (tertiary/aromatic N) is 2. The highest BCUT2D eigenvalue weighted by atomic mass is 16.3. The maximum absolute atomic E-state index is 12.6. The van der Waals surface area contributed by atoms with Crippen LogP contribution in [0.2, 0.25) is 0 Å². The Kier molecular flexibility index (Phi) is 5.18. The number of carbonyl (C=O) groups is 1. The Hall–Kier alpha value is -2.18. The Morgan fingerprint density at radius 1 is 1.26 bits per heavy atom. The average Bonchev–Trinajstić information content (AvgIpc) is 3.04. The number of oxazole rings is 1. The summed E-state index contributed by atoms with van der Waals surface area (Å²) in [7, 11) is 1.61. The van der Waals surface area contributed by atoms with Crippen molar-refractivity contribution >= 4 is 5.91 Å². The molecular formula is C17H22N2O4. The second kappa shape index (κ2) is 6.93. The van der Waals surface area contributed by atoms with E-state index in [2.05, 4.69) is 4.98 Å². The minimum absolute atomic E-state index is 0.207. The number of rotatable bonds is 6. The molecule has 1 aromatic heterocycles. The lowest BCUT2D eigenvalue weighted by atomic mass is 9.92. The molecule has 0 aliphatic heterocycles. The van der Waals surface area contributed by atoms with Crippen molar-refractivity contribution in [2.24, 2.45) is 5.41 Å². The van der Waals surface area contributed by atoms with E-state index in [1.165, 1.54) is 11.3 Å². The van der Waals surface area contributed by atoms with Crippen molar-refractivity contribution in [2.45, 2.75) is 13.8 Å². The monoisotopic (exact) mass is 318 g/mol. The smallest absolute Gasteiger partial charge is 0.276 e. The van der Waals surface area contributed by atoms with Crippen LogP contribution in [0.4, 0.5) is 0 Å². The van der Waals surface area contributed by atoms with Crippen molar-refractivity contribution in [3.8, 4) is 11.3 Å². The number of aryl methyl sites for hydroxylation is 1. The Balaban J connectivity index is 2.24. The molecule has 0 atom stereocenters. The number of aliphatic hydroxyl groups is 2. The van der Waals surface area contributed by atoms with E-state index >= 15 is 0 Å². The predicted octanol–water partition coefficient (Wildman–Crippen LogP) is 1.71. The highest BCUT2D eigenvalue weighted by Crippen LogP contribution is 2.25. The van der Waals surface area contributed by atoms with E-state index in [4.69, 9.17) is 4.42 Å². The van der Waals surface area contributed by atoms with Gasteiger partial charge in [-0.2, -0.15) is 0 Å². The molecule has 0 fully saturated rings. The first kappa shape index (κ1) is 17.2. The number of aliphatic hydroxyl groups excluding tert-OH is 2. The summed E-state index contributed by atoms with van der Waals surface area (Å²) >= 11 is 0. The molecular weight excluding hydrogens is 296 g/mol. The van der Waals surface area contributed by atoms with E-state index in [9.17, 15) is 15.0 Å². The van der Waals surface area contributed by atoms with Gasteiger partial charge >= 0.3 is 0 Å². The molecule has 2 N–H and O–H groups in total. The van der Waals surface area contributed by atoms with Crippen LogP contribution in [0, 0.1) is 12.3 Å². The first-order valence-corrected chi connectivity index (χ1v) is 7.38. The topological polar surface area (TPSA) is 86.8 Å². The van der Waals surface area contributed by atoms with Gasteiger partial charge in [-0.05, 0) is 6.92 Å². The van der Waals surface area contributed by atoms with E-state index in [1.54, 1.807) is 14.0 Å². The lowest BCUT2D eigenvalue weighted by Gasteiger charge is -2.30. The molecule has 2 aromatic rings. The van der Waals surface area contributed by atoms with E-state index in [0.717, 1.165) is 11.1 Å². The van der Waals surface area contributed by atoms with Crippen LogP contribution in [0.5, 0.6) is 0 Å². The second-order valence-electron chi connectivity index (χ2n) is 6.18. The SMILES string of the molecule is Cc1ccc(-c2ocnc2C(=O)N(C)CC(C)(CO)CO)cc1. The molecule has 124 valence electrons. The third kappa shape index (κ3) is 3.78. The third-order valence-corrected chi connectivity index (χ3v) is 3.81. The molecule has 0 spiro atoms. The van der Waals surface area contributed by atoms with Crippen LogP contribution >= 0.6 is 0 Å². The molecule has 0 aliphatic rings. The highest BCUT2D eigenvalue weighted by Gasteiger charge is 2.29. The molecule has 1 aromatic carbocycles. The molecule has 0 saturated heterocycles. The molecule has 0 aliphatic carbocycles. The zero-order chi connectivity index (χ0) is 17.0. The normalized spacial score (nSPS) is 11.5. The summed E-state index contributed by atoms with van der Waals surface area (Å²) in [6.45, 7) is 3.46. The first-order chi connectivity index (χ1) is 10.9. The molecule has 0 saturated carbocycles. The Morgan fingerprint density at radius 3 is 2.43 bits per heavy atom. The number of aromatic nitrogens is 1. The summed E-state index contributed by atoms with van der Waals surface area (Å²) < 4.78 is 5.39. The van der Waals surface area contributed by atoms with Gasteiger partial charge in [-0.15, -0.1) is 0 Å². The number of amides is 1. The van der Waals surface area contributed by atoms with Gasteiger partial charge < -0.3 is 19.5 Å². The second-order valence-corrected chi connectivity index (χ2v) is 6.18. The predicted molar refractivity (Wildman–Crippen MR) is 85.9 cm³/mol. The quantitative estimate of drug-likeness (QED) is 0.847. The third-order valence-electron chi connectivity index (χ3n) is 3.81. The van der Waals surface area contributed by atoms with Crippen molar-refractivity contribution in [2.75, 3.05) is 26.8 Å². The van der Waals surface area contributed by atoms with Crippen molar-refractivity contribution in [3.05, 3.63) is 41.9 Å². The molecule has 23 heavy (non-hydrogen) atoms. The van der Waals surface area contributed by atoms with Gasteiger partial charge in [-0.1, -0.05) is 36.8 Å². The van der Waals surface area contributed by atoms with Gasteiger partial charge in [-0.25, -0.2) is 4.98 Å². The van der Waals surface area contributed by atoms with E-state index in [0.29, 0.717) is 5.76 Å². The zero-order valence-corrected chi connectivity index (χ0v) is 13.6. The first-order valence-electron chi connectivity index (χ1n) is 7.38. The van der Waals surface area contributed by atoms with E-state index in [-0.39, 0.29) is 31.4 Å². The van der Waals surface area contributed by atoms with Crippen LogP contribution < -0.4 is 0 Å². The van der Waals surface area contributed by atoms with Gasteiger partial charge in [0.05, 0.1) is 13.2 Å². The standard InChI is InChI=1S/C17H22N2O4/c1-12-4-6-13(7-5-12)15-14(18-11-23-15)16(22)19(3)8-17(2,9-20)10-21/h4-7,11,20-21H,8-10H2,1-3H3. The summed E-state index contributed by atoms with van der Waals surface area (Å²) in [5.41, 5.74) is 1.34. The summed E-state index contributed by atoms with van der Waals surface area (Å²) in [4.78, 5) is 18.1. The van der Waals surface area contributed by atoms with Gasteiger partial charge in [0.2, 0.25) is 0 Å². The fraction of sp³-hybridized carbons (Fsp3) is 0.412. The van der Waals surface area contributed by atoms with Crippen molar-refractivity contribution in [1.82, 2.24) is 9.88 Å². The molecule has 2 rings (SSSR count). The van der Waals surface area contributed by atoms with Crippen LogP contribution in [0.3, 0.4) is 0 Å². The Bertz CT molecular complexity index is 659. The Labute approximate surface area is 135 Å². The summed E-state index contributed by atoms with van der Waals surface area (Å²) in [6.07, 6.45) is 1.24. The molecule has 0 unspecified atom stereocenters. The maximum Gasteiger partial charge on any atom is 0.276 e. The van der Waals surface area contributed by atoms with Gasteiger partial charge in [0.25, 0.3) is 5.91 Å².